The van der Waals surface area contributed by atoms with Crippen molar-refractivity contribution in [3.63, 3.8) is 0 Å². The molecule has 54 valence electrons. The van der Waals surface area contributed by atoms with E-state index >= 15 is 0 Å². The van der Waals surface area contributed by atoms with Crippen LogP contribution in [0.15, 0.2) is 21.5 Å². The van der Waals surface area contributed by atoms with Crippen molar-refractivity contribution in [2.45, 2.75) is 4.90 Å². The molecule has 4 heteroatoms. The Labute approximate surface area is 101 Å². The van der Waals surface area contributed by atoms with E-state index in [1.54, 1.807) is 0 Å². The van der Waals surface area contributed by atoms with Gasteiger partial charge in [0.1, 0.15) is 0 Å². The van der Waals surface area contributed by atoms with Gasteiger partial charge in [0.25, 0.3) is 0 Å². The summed E-state index contributed by atoms with van der Waals surface area (Å²) in [6.07, 6.45) is 0. The molecule has 0 aromatic heterocycles. The van der Waals surface area contributed by atoms with Crippen molar-refractivity contribution in [3.05, 3.63) is 23.7 Å². The fourth-order valence-corrected chi connectivity index (χ4v) is 3.77. The maximum atomic E-state index is 4.30. The maximum absolute atomic E-state index is 4.30. The number of rotatable bonds is 0. The lowest BCUT2D eigenvalue weighted by atomic mass is 10.4. The van der Waals surface area contributed by atoms with Crippen LogP contribution < -0.4 is 0 Å². The fourth-order valence-electron chi connectivity index (χ4n) is 0.535. The van der Waals surface area contributed by atoms with Crippen LogP contribution in [0.4, 0.5) is 0 Å². The number of thiol groups is 1. The Bertz CT molecular complexity index is 239. The quantitative estimate of drug-likeness (QED) is 0.458. The molecular formula is C6H3BrI2S. The third-order valence-electron chi connectivity index (χ3n) is 0.982. The van der Waals surface area contributed by atoms with E-state index < -0.39 is 0 Å². The highest BCUT2D eigenvalue weighted by Gasteiger charge is 2.00. The largest absolute Gasteiger partial charge is 0.141 e. The predicted molar refractivity (Wildman–Crippen MR) is 66.8 cm³/mol. The first kappa shape index (κ1) is 9.60. The van der Waals surface area contributed by atoms with E-state index in [4.69, 9.17) is 0 Å². The van der Waals surface area contributed by atoms with Gasteiger partial charge >= 0.3 is 0 Å². The standard InChI is InChI=1S/C6H3BrI2S/c7-4-1-3(8)2-5(9)6(4)10/h1-2,10H. The summed E-state index contributed by atoms with van der Waals surface area (Å²) in [5.74, 6) is 0. The molecule has 0 aliphatic rings. The molecule has 0 aliphatic heterocycles. The van der Waals surface area contributed by atoms with Crippen LogP contribution >= 0.6 is 73.7 Å². The maximum Gasteiger partial charge on any atom is 0.0329 e. The normalized spacial score (nSPS) is 10.0. The summed E-state index contributed by atoms with van der Waals surface area (Å²) in [6.45, 7) is 0. The van der Waals surface area contributed by atoms with E-state index in [0.717, 1.165) is 9.37 Å². The molecule has 10 heavy (non-hydrogen) atoms. The van der Waals surface area contributed by atoms with Gasteiger partial charge in [0.2, 0.25) is 0 Å². The van der Waals surface area contributed by atoms with Gasteiger partial charge in [-0.25, -0.2) is 0 Å². The molecular weight excluding hydrogens is 438 g/mol. The van der Waals surface area contributed by atoms with Crippen LogP contribution in [0, 0.1) is 7.14 Å². The van der Waals surface area contributed by atoms with Gasteiger partial charge in [0, 0.05) is 16.5 Å². The summed E-state index contributed by atoms with van der Waals surface area (Å²) in [4.78, 5) is 1.01. The summed E-state index contributed by atoms with van der Waals surface area (Å²) in [5.41, 5.74) is 0. The van der Waals surface area contributed by atoms with E-state index in [-0.39, 0.29) is 0 Å². The smallest absolute Gasteiger partial charge is 0.0329 e. The van der Waals surface area contributed by atoms with Gasteiger partial charge < -0.3 is 0 Å². The molecule has 0 radical (unpaired) electrons. The van der Waals surface area contributed by atoms with Crippen LogP contribution in [0.2, 0.25) is 0 Å². The molecule has 0 N–H and O–H groups in total. The minimum atomic E-state index is 1.01. The molecule has 0 spiro atoms. The summed E-state index contributed by atoms with van der Waals surface area (Å²) < 4.78 is 3.47. The molecule has 1 rings (SSSR count). The van der Waals surface area contributed by atoms with Crippen molar-refractivity contribution >= 4 is 73.7 Å². The lowest BCUT2D eigenvalue weighted by molar-refractivity contribution is 1.35. The molecule has 1 aromatic carbocycles. The minimum absolute atomic E-state index is 1.01. The number of halogens is 3. The Balaban J connectivity index is 3.31. The average molecular weight is 441 g/mol. The summed E-state index contributed by atoms with van der Waals surface area (Å²) in [6, 6.07) is 4.14. The summed E-state index contributed by atoms with van der Waals surface area (Å²) >= 11 is 12.3. The second-order valence-corrected chi connectivity index (χ2v) is 5.43. The molecule has 0 saturated heterocycles. The van der Waals surface area contributed by atoms with Crippen LogP contribution in [-0.4, -0.2) is 0 Å². The van der Waals surface area contributed by atoms with Crippen LogP contribution in [0.25, 0.3) is 0 Å². The van der Waals surface area contributed by atoms with Gasteiger partial charge in [-0.3, -0.25) is 0 Å². The number of hydrogen-bond donors (Lipinski definition) is 1. The Hall–Kier alpha value is 1.51. The van der Waals surface area contributed by atoms with Crippen molar-refractivity contribution in [1.29, 1.82) is 0 Å². The van der Waals surface area contributed by atoms with E-state index in [2.05, 4.69) is 79.8 Å². The van der Waals surface area contributed by atoms with Gasteiger partial charge in [0.05, 0.1) is 0 Å². The van der Waals surface area contributed by atoms with Gasteiger partial charge in [-0.05, 0) is 73.2 Å². The molecule has 0 saturated carbocycles. The Morgan fingerprint density at radius 2 is 1.90 bits per heavy atom. The zero-order valence-electron chi connectivity index (χ0n) is 4.74. The Morgan fingerprint density at radius 3 is 2.40 bits per heavy atom. The molecule has 0 atom stereocenters. The molecule has 0 bridgehead atoms. The third kappa shape index (κ3) is 2.25. The molecule has 0 unspecified atom stereocenters. The van der Waals surface area contributed by atoms with Gasteiger partial charge in [-0.2, -0.15) is 0 Å². The zero-order chi connectivity index (χ0) is 7.72. The van der Waals surface area contributed by atoms with Gasteiger partial charge in [0.15, 0.2) is 0 Å². The Kier molecular flexibility index (Phi) is 3.79. The predicted octanol–water partition coefficient (Wildman–Crippen LogP) is 3.95. The molecule has 0 amide bonds. The molecule has 0 fully saturated rings. The van der Waals surface area contributed by atoms with Crippen molar-refractivity contribution in [2.24, 2.45) is 0 Å². The first-order valence-electron chi connectivity index (χ1n) is 2.45. The third-order valence-corrected chi connectivity index (χ3v) is 4.30. The molecule has 0 aliphatic carbocycles. The second-order valence-electron chi connectivity index (χ2n) is 1.72. The minimum Gasteiger partial charge on any atom is -0.141 e. The van der Waals surface area contributed by atoms with Crippen LogP contribution in [0.5, 0.6) is 0 Å². The average Bonchev–Trinajstić information content (AvgIpc) is 1.82. The lowest BCUT2D eigenvalue weighted by Gasteiger charge is -2.00. The summed E-state index contributed by atoms with van der Waals surface area (Å²) in [5, 5.41) is 0. The van der Waals surface area contributed by atoms with Crippen molar-refractivity contribution in [1.82, 2.24) is 0 Å². The van der Waals surface area contributed by atoms with E-state index in [0.29, 0.717) is 0 Å². The van der Waals surface area contributed by atoms with Crippen LogP contribution in [0.1, 0.15) is 0 Å². The SMILES string of the molecule is Sc1c(Br)cc(I)cc1I. The highest BCUT2D eigenvalue weighted by molar-refractivity contribution is 14.1. The highest BCUT2D eigenvalue weighted by Crippen LogP contribution is 2.27. The van der Waals surface area contributed by atoms with Crippen LogP contribution in [0.3, 0.4) is 0 Å². The number of hydrogen-bond acceptors (Lipinski definition) is 1. The fraction of sp³-hybridized carbons (Fsp3) is 0. The van der Waals surface area contributed by atoms with Crippen molar-refractivity contribution in [3.8, 4) is 0 Å². The number of benzene rings is 1. The molecule has 1 aromatic rings. The zero-order valence-corrected chi connectivity index (χ0v) is 11.5. The first-order valence-corrected chi connectivity index (χ1v) is 5.84. The van der Waals surface area contributed by atoms with Gasteiger partial charge in [-0.1, -0.05) is 0 Å². The van der Waals surface area contributed by atoms with E-state index in [1.807, 2.05) is 6.07 Å². The highest BCUT2D eigenvalue weighted by atomic mass is 127. The topological polar surface area (TPSA) is 0 Å². The van der Waals surface area contributed by atoms with E-state index in [9.17, 15) is 0 Å². The van der Waals surface area contributed by atoms with Gasteiger partial charge in [-0.15, -0.1) is 12.6 Å². The van der Waals surface area contributed by atoms with E-state index in [1.165, 1.54) is 7.14 Å². The second kappa shape index (κ2) is 3.95. The monoisotopic (exact) mass is 440 g/mol. The molecule has 0 nitrogen and oxygen atoms in total. The first-order chi connectivity index (χ1) is 4.61. The Morgan fingerprint density at radius 1 is 1.30 bits per heavy atom. The van der Waals surface area contributed by atoms with Crippen molar-refractivity contribution < 1.29 is 0 Å². The lowest BCUT2D eigenvalue weighted by Crippen LogP contribution is -1.79. The van der Waals surface area contributed by atoms with Crippen LogP contribution in [-0.2, 0) is 0 Å². The summed E-state index contributed by atoms with van der Waals surface area (Å²) in [7, 11) is 0. The molecule has 0 heterocycles. The van der Waals surface area contributed by atoms with Crippen molar-refractivity contribution in [2.75, 3.05) is 0 Å².